The van der Waals surface area contributed by atoms with E-state index in [4.69, 9.17) is 0 Å². The monoisotopic (exact) mass is 378 g/mol. The number of halogens is 2. The van der Waals surface area contributed by atoms with Crippen LogP contribution >= 0.6 is 15.9 Å². The van der Waals surface area contributed by atoms with Crippen molar-refractivity contribution < 1.29 is 14.3 Å². The zero-order valence-electron chi connectivity index (χ0n) is 12.7. The Morgan fingerprint density at radius 2 is 1.74 bits per heavy atom. The molecule has 0 amide bonds. The van der Waals surface area contributed by atoms with Gasteiger partial charge in [-0.05, 0) is 55.5 Å². The van der Waals surface area contributed by atoms with Gasteiger partial charge in [-0.2, -0.15) is 4.74 Å². The van der Waals surface area contributed by atoms with Gasteiger partial charge in [-0.15, -0.1) is 5.06 Å². The third-order valence-corrected chi connectivity index (χ3v) is 4.88. The van der Waals surface area contributed by atoms with E-state index >= 15 is 0 Å². The third kappa shape index (κ3) is 2.47. The fraction of sp³-hybridized carbons (Fsp3) is 0.235. The minimum absolute atomic E-state index is 0.367. The third-order valence-electron chi connectivity index (χ3n) is 4.35. The maximum atomic E-state index is 13.1. The Morgan fingerprint density at radius 3 is 2.30 bits per heavy atom. The summed E-state index contributed by atoms with van der Waals surface area (Å²) >= 11 is 3.36. The summed E-state index contributed by atoms with van der Waals surface area (Å²) in [5.74, 6) is -0.367. The van der Waals surface area contributed by atoms with Gasteiger partial charge in [0.2, 0.25) is 5.71 Å². The van der Waals surface area contributed by atoms with E-state index in [2.05, 4.69) is 15.9 Å². The molecule has 0 saturated heterocycles. The Labute approximate surface area is 142 Å². The lowest BCUT2D eigenvalue weighted by Crippen LogP contribution is -2.45. The predicted octanol–water partition coefficient (Wildman–Crippen LogP) is 3.85. The highest BCUT2D eigenvalue weighted by Gasteiger charge is 2.54. The highest BCUT2D eigenvalue weighted by molar-refractivity contribution is 9.10. The average Bonchev–Trinajstić information content (AvgIpc) is 2.71. The maximum Gasteiger partial charge on any atom is 0.274 e. The lowest BCUT2D eigenvalue weighted by atomic mass is 10.0. The van der Waals surface area contributed by atoms with E-state index in [9.17, 15) is 14.8 Å². The Morgan fingerprint density at radius 1 is 1.17 bits per heavy atom. The molecule has 0 unspecified atom stereocenters. The minimum Gasteiger partial charge on any atom is -0.622 e. The predicted molar refractivity (Wildman–Crippen MR) is 88.7 cm³/mol. The van der Waals surface area contributed by atoms with Gasteiger partial charge in [-0.1, -0.05) is 15.9 Å². The average molecular weight is 379 g/mol. The van der Waals surface area contributed by atoms with Gasteiger partial charge in [0.15, 0.2) is 0 Å². The number of hydroxylamine groups is 3. The van der Waals surface area contributed by atoms with Crippen LogP contribution in [0.1, 0.15) is 25.0 Å². The first-order valence-electron chi connectivity index (χ1n) is 7.20. The summed E-state index contributed by atoms with van der Waals surface area (Å²) in [5, 5.41) is 24.6. The highest BCUT2D eigenvalue weighted by atomic mass is 79.9. The van der Waals surface area contributed by atoms with E-state index in [1.807, 2.05) is 12.1 Å². The first kappa shape index (κ1) is 16.1. The molecule has 0 aliphatic carbocycles. The summed E-state index contributed by atoms with van der Waals surface area (Å²) in [6, 6.07) is 12.4. The fourth-order valence-electron chi connectivity index (χ4n) is 2.98. The Kier molecular flexibility index (Phi) is 4.00. The molecule has 1 aliphatic rings. The topological polar surface area (TPSA) is 49.5 Å². The Bertz CT molecular complexity index is 761. The summed E-state index contributed by atoms with van der Waals surface area (Å²) in [5.41, 5.74) is 0.415. The number of benzene rings is 2. The fourth-order valence-corrected chi connectivity index (χ4v) is 3.25. The molecule has 0 spiro atoms. The highest BCUT2D eigenvalue weighted by Crippen LogP contribution is 2.36. The van der Waals surface area contributed by atoms with Crippen molar-refractivity contribution in [1.82, 2.24) is 5.06 Å². The summed E-state index contributed by atoms with van der Waals surface area (Å²) in [4.78, 5) is 0. The van der Waals surface area contributed by atoms with Crippen molar-refractivity contribution in [2.75, 3.05) is 0 Å². The molecule has 6 heteroatoms. The molecule has 0 fully saturated rings. The second-order valence-corrected chi connectivity index (χ2v) is 6.65. The van der Waals surface area contributed by atoms with E-state index in [-0.39, 0.29) is 5.82 Å². The van der Waals surface area contributed by atoms with Crippen molar-refractivity contribution in [3.05, 3.63) is 75.2 Å². The van der Waals surface area contributed by atoms with Crippen LogP contribution in [0.15, 0.2) is 53.0 Å². The minimum atomic E-state index is -1.25. The zero-order valence-corrected chi connectivity index (χ0v) is 14.3. The van der Waals surface area contributed by atoms with Crippen molar-refractivity contribution in [2.45, 2.75) is 25.6 Å². The molecule has 0 aromatic heterocycles. The van der Waals surface area contributed by atoms with Gasteiger partial charge in [0.25, 0.3) is 5.66 Å². The molecule has 0 bridgehead atoms. The summed E-state index contributed by atoms with van der Waals surface area (Å²) in [6.07, 6.45) is 0. The van der Waals surface area contributed by atoms with Crippen LogP contribution in [0, 0.1) is 11.0 Å². The molecule has 120 valence electrons. The van der Waals surface area contributed by atoms with Gasteiger partial charge < -0.3 is 10.4 Å². The first-order chi connectivity index (χ1) is 10.9. The number of rotatable bonds is 2. The van der Waals surface area contributed by atoms with Crippen molar-refractivity contribution in [3.8, 4) is 0 Å². The molecular weight excluding hydrogens is 363 g/mol. The maximum absolute atomic E-state index is 13.1. The summed E-state index contributed by atoms with van der Waals surface area (Å²) in [7, 11) is 0. The van der Waals surface area contributed by atoms with E-state index in [0.717, 1.165) is 14.3 Å². The van der Waals surface area contributed by atoms with Crippen LogP contribution in [0.2, 0.25) is 0 Å². The van der Waals surface area contributed by atoms with E-state index in [0.29, 0.717) is 16.8 Å². The van der Waals surface area contributed by atoms with Gasteiger partial charge in [-0.3, -0.25) is 0 Å². The molecule has 2 aromatic rings. The van der Waals surface area contributed by atoms with Crippen molar-refractivity contribution in [1.29, 1.82) is 0 Å². The molecule has 0 radical (unpaired) electrons. The van der Waals surface area contributed by atoms with Crippen LogP contribution in [0.5, 0.6) is 0 Å². The van der Waals surface area contributed by atoms with Crippen molar-refractivity contribution in [3.63, 3.8) is 0 Å². The molecule has 2 aromatic carbocycles. The van der Waals surface area contributed by atoms with Gasteiger partial charge in [0.05, 0.1) is 0 Å². The molecule has 1 heterocycles. The number of nitrogens with zero attached hydrogens (tertiary/aromatic N) is 2. The molecular formula is C17H16BrFN2O2. The molecule has 0 saturated carbocycles. The largest absolute Gasteiger partial charge is 0.622 e. The molecule has 2 atom stereocenters. The van der Waals surface area contributed by atoms with Gasteiger partial charge in [0.1, 0.15) is 11.9 Å². The van der Waals surface area contributed by atoms with Gasteiger partial charge >= 0.3 is 0 Å². The van der Waals surface area contributed by atoms with Crippen LogP contribution < -0.4 is 0 Å². The van der Waals surface area contributed by atoms with Gasteiger partial charge in [0, 0.05) is 22.5 Å². The molecule has 1 N–H and O–H groups in total. The van der Waals surface area contributed by atoms with E-state index in [1.54, 1.807) is 38.1 Å². The lowest BCUT2D eigenvalue weighted by Gasteiger charge is -2.29. The summed E-state index contributed by atoms with van der Waals surface area (Å²) in [6.45, 7) is 3.41. The lowest BCUT2D eigenvalue weighted by molar-refractivity contribution is -0.595. The molecule has 1 aliphatic heterocycles. The number of hydrogen-bond acceptors (Lipinski definition) is 3. The van der Waals surface area contributed by atoms with Crippen LogP contribution in [-0.4, -0.2) is 26.8 Å². The molecule has 23 heavy (non-hydrogen) atoms. The normalized spacial score (nSPS) is 25.2. The molecule has 4 nitrogen and oxygen atoms in total. The Balaban J connectivity index is 2.14. The van der Waals surface area contributed by atoms with E-state index < -0.39 is 11.7 Å². The summed E-state index contributed by atoms with van der Waals surface area (Å²) < 4.78 is 14.8. The quantitative estimate of drug-likeness (QED) is 0.637. The van der Waals surface area contributed by atoms with Crippen LogP contribution in [0.4, 0.5) is 4.39 Å². The van der Waals surface area contributed by atoms with Crippen LogP contribution in [0.25, 0.3) is 0 Å². The first-order valence-corrected chi connectivity index (χ1v) is 7.99. The number of hydrogen-bond donors (Lipinski definition) is 1. The van der Waals surface area contributed by atoms with E-state index in [1.165, 1.54) is 12.1 Å². The zero-order chi connectivity index (χ0) is 16.8. The Hall–Kier alpha value is -1.76. The second-order valence-electron chi connectivity index (χ2n) is 5.73. The smallest absolute Gasteiger partial charge is 0.274 e. The van der Waals surface area contributed by atoms with Gasteiger partial charge in [-0.25, -0.2) is 4.39 Å². The molecule has 3 rings (SSSR count). The van der Waals surface area contributed by atoms with Crippen LogP contribution in [0.3, 0.4) is 0 Å². The van der Waals surface area contributed by atoms with Crippen LogP contribution in [-0.2, 0) is 5.66 Å². The SMILES string of the molecule is C[C@@H]1C(c2ccc(F)cc2)=[N+]([O-])[C@@](C)(c2ccc(Br)cc2)N1O. The van der Waals surface area contributed by atoms with Crippen molar-refractivity contribution in [2.24, 2.45) is 0 Å². The standard InChI is InChI=1S/C17H16BrFN2O2/c1-11-16(12-3-9-15(19)10-4-12)21(23)17(2,20(11)22)13-5-7-14(18)8-6-13/h3-11,22H,1-2H3/t11-,17+/m1/s1. The second kappa shape index (κ2) is 5.70. The van der Waals surface area contributed by atoms with Crippen molar-refractivity contribution >= 4 is 21.6 Å².